The molecule has 0 spiro atoms. The summed E-state index contributed by atoms with van der Waals surface area (Å²) in [5.41, 5.74) is 1.83. The van der Waals surface area contributed by atoms with Gasteiger partial charge in [0.15, 0.2) is 6.61 Å². The molecule has 2 aromatic heterocycles. The highest BCUT2D eigenvalue weighted by Gasteiger charge is 2.13. The summed E-state index contributed by atoms with van der Waals surface area (Å²) in [6.45, 7) is 2.05. The van der Waals surface area contributed by atoms with Gasteiger partial charge >= 0.3 is 0 Å². The van der Waals surface area contributed by atoms with Crippen LogP contribution in [0, 0.1) is 6.92 Å². The number of amides is 1. The van der Waals surface area contributed by atoms with Gasteiger partial charge in [-0.3, -0.25) is 4.79 Å². The first-order chi connectivity index (χ1) is 10.6. The summed E-state index contributed by atoms with van der Waals surface area (Å²) in [6.07, 6.45) is 0. The Bertz CT molecular complexity index is 760. The molecule has 0 unspecified atom stereocenters. The average molecular weight is 300 g/mol. The van der Waals surface area contributed by atoms with E-state index in [-0.39, 0.29) is 12.5 Å². The van der Waals surface area contributed by atoms with E-state index >= 15 is 0 Å². The Morgan fingerprint density at radius 2 is 2.23 bits per heavy atom. The van der Waals surface area contributed by atoms with Crippen molar-refractivity contribution in [1.82, 2.24) is 20.0 Å². The van der Waals surface area contributed by atoms with Gasteiger partial charge in [0.05, 0.1) is 17.6 Å². The number of ether oxygens (including phenoxy) is 1. The van der Waals surface area contributed by atoms with E-state index in [0.717, 1.165) is 16.9 Å². The number of para-hydroxylation sites is 2. The molecule has 3 aromatic rings. The number of fused-ring (bicyclic) bond motifs is 1. The SMILES string of the molecule is Cc1cc(OCC(=O)N(C)Cc2nc3ccccc3[nH]2)no1. The van der Waals surface area contributed by atoms with Crippen LogP contribution in [0.3, 0.4) is 0 Å². The molecular formula is C15H16N4O3. The van der Waals surface area contributed by atoms with Crippen molar-refractivity contribution in [2.75, 3.05) is 13.7 Å². The maximum absolute atomic E-state index is 12.0. The lowest BCUT2D eigenvalue weighted by Gasteiger charge is -2.15. The number of aromatic amines is 1. The second kappa shape index (κ2) is 5.88. The molecule has 22 heavy (non-hydrogen) atoms. The molecule has 7 heteroatoms. The van der Waals surface area contributed by atoms with E-state index < -0.39 is 0 Å². The van der Waals surface area contributed by atoms with Crippen molar-refractivity contribution >= 4 is 16.9 Å². The van der Waals surface area contributed by atoms with E-state index in [1.165, 1.54) is 0 Å². The molecule has 0 fully saturated rings. The Balaban J connectivity index is 1.58. The number of carbonyl (C=O) groups excluding carboxylic acids is 1. The van der Waals surface area contributed by atoms with Crippen LogP contribution in [0.25, 0.3) is 11.0 Å². The highest BCUT2D eigenvalue weighted by atomic mass is 16.5. The van der Waals surface area contributed by atoms with Gasteiger partial charge in [0.1, 0.15) is 11.6 Å². The fraction of sp³-hybridized carbons (Fsp3) is 0.267. The standard InChI is InChI=1S/C15H16N4O3/c1-10-7-14(18-22-10)21-9-15(20)19(2)8-13-16-11-5-3-4-6-12(11)17-13/h3-7H,8-9H2,1-2H3,(H,16,17). The van der Waals surface area contributed by atoms with E-state index in [1.54, 1.807) is 24.9 Å². The minimum atomic E-state index is -0.166. The molecule has 1 amide bonds. The van der Waals surface area contributed by atoms with Crippen LogP contribution in [-0.4, -0.2) is 39.6 Å². The summed E-state index contributed by atoms with van der Waals surface area (Å²) in [6, 6.07) is 9.37. The maximum atomic E-state index is 12.0. The van der Waals surface area contributed by atoms with Crippen molar-refractivity contribution in [2.45, 2.75) is 13.5 Å². The monoisotopic (exact) mass is 300 g/mol. The minimum Gasteiger partial charge on any atom is -0.465 e. The van der Waals surface area contributed by atoms with Gasteiger partial charge in [-0.1, -0.05) is 12.1 Å². The van der Waals surface area contributed by atoms with Crippen LogP contribution in [0.1, 0.15) is 11.6 Å². The number of hydrogen-bond acceptors (Lipinski definition) is 5. The lowest BCUT2D eigenvalue weighted by molar-refractivity contribution is -0.132. The number of likely N-dealkylation sites (N-methyl/N-ethyl adjacent to an activating group) is 1. The van der Waals surface area contributed by atoms with E-state index in [0.29, 0.717) is 18.2 Å². The molecule has 1 N–H and O–H groups in total. The van der Waals surface area contributed by atoms with E-state index in [4.69, 9.17) is 9.26 Å². The third-order valence-corrected chi connectivity index (χ3v) is 3.20. The molecular weight excluding hydrogens is 284 g/mol. The Kier molecular flexibility index (Phi) is 3.78. The van der Waals surface area contributed by atoms with Crippen molar-refractivity contribution < 1.29 is 14.1 Å². The number of carbonyl (C=O) groups is 1. The van der Waals surface area contributed by atoms with E-state index in [1.807, 2.05) is 24.3 Å². The second-order valence-corrected chi connectivity index (χ2v) is 5.01. The molecule has 0 saturated carbocycles. The number of aryl methyl sites for hydroxylation is 1. The zero-order chi connectivity index (χ0) is 15.5. The first-order valence-corrected chi connectivity index (χ1v) is 6.85. The summed E-state index contributed by atoms with van der Waals surface area (Å²) in [4.78, 5) is 21.2. The second-order valence-electron chi connectivity index (χ2n) is 5.01. The number of rotatable bonds is 5. The predicted molar refractivity (Wildman–Crippen MR) is 79.3 cm³/mol. The number of H-pyrrole nitrogens is 1. The molecule has 0 saturated heterocycles. The Morgan fingerprint density at radius 3 is 2.95 bits per heavy atom. The van der Waals surface area contributed by atoms with Crippen molar-refractivity contribution in [3.63, 3.8) is 0 Å². The van der Waals surface area contributed by atoms with Crippen molar-refractivity contribution in [2.24, 2.45) is 0 Å². The molecule has 114 valence electrons. The summed E-state index contributed by atoms with van der Waals surface area (Å²) in [5.74, 6) is 1.51. The molecule has 1 aromatic carbocycles. The smallest absolute Gasteiger partial charge is 0.260 e. The molecule has 0 atom stereocenters. The third kappa shape index (κ3) is 3.08. The molecule has 0 aliphatic heterocycles. The zero-order valence-corrected chi connectivity index (χ0v) is 12.4. The Morgan fingerprint density at radius 1 is 1.41 bits per heavy atom. The molecule has 7 nitrogen and oxygen atoms in total. The van der Waals surface area contributed by atoms with Crippen LogP contribution in [-0.2, 0) is 11.3 Å². The number of nitrogens with one attached hydrogen (secondary N) is 1. The Labute approximate surface area is 126 Å². The molecule has 0 radical (unpaired) electrons. The zero-order valence-electron chi connectivity index (χ0n) is 12.4. The lowest BCUT2D eigenvalue weighted by atomic mass is 10.3. The minimum absolute atomic E-state index is 0.0945. The first kappa shape index (κ1) is 14.1. The van der Waals surface area contributed by atoms with Crippen LogP contribution in [0.5, 0.6) is 5.88 Å². The van der Waals surface area contributed by atoms with Gasteiger partial charge in [0.2, 0.25) is 0 Å². The van der Waals surface area contributed by atoms with Gasteiger partial charge in [0.25, 0.3) is 11.8 Å². The van der Waals surface area contributed by atoms with Gasteiger partial charge < -0.3 is 19.1 Å². The number of aromatic nitrogens is 3. The summed E-state index contributed by atoms with van der Waals surface area (Å²) in [7, 11) is 1.70. The van der Waals surface area contributed by atoms with Crippen molar-refractivity contribution in [3.05, 3.63) is 41.9 Å². The van der Waals surface area contributed by atoms with Gasteiger partial charge in [-0.2, -0.15) is 0 Å². The first-order valence-electron chi connectivity index (χ1n) is 6.85. The number of imidazole rings is 1. The van der Waals surface area contributed by atoms with Crippen LogP contribution in [0.4, 0.5) is 0 Å². The molecule has 2 heterocycles. The van der Waals surface area contributed by atoms with Gasteiger partial charge in [0, 0.05) is 13.1 Å². The predicted octanol–water partition coefficient (Wildman–Crippen LogP) is 1.90. The van der Waals surface area contributed by atoms with Crippen molar-refractivity contribution in [1.29, 1.82) is 0 Å². The van der Waals surface area contributed by atoms with Crippen LogP contribution >= 0.6 is 0 Å². The fourth-order valence-corrected chi connectivity index (χ4v) is 2.05. The molecule has 0 aliphatic carbocycles. The van der Waals surface area contributed by atoms with Crippen LogP contribution in [0.2, 0.25) is 0 Å². The van der Waals surface area contributed by atoms with Gasteiger partial charge in [-0.15, -0.1) is 0 Å². The van der Waals surface area contributed by atoms with Gasteiger partial charge in [-0.25, -0.2) is 4.98 Å². The fourth-order valence-electron chi connectivity index (χ4n) is 2.05. The van der Waals surface area contributed by atoms with Crippen molar-refractivity contribution in [3.8, 4) is 5.88 Å². The molecule has 3 rings (SSSR count). The highest BCUT2D eigenvalue weighted by Crippen LogP contribution is 2.12. The quantitative estimate of drug-likeness (QED) is 0.778. The van der Waals surface area contributed by atoms with Gasteiger partial charge in [-0.05, 0) is 24.2 Å². The van der Waals surface area contributed by atoms with Crippen LogP contribution in [0.15, 0.2) is 34.9 Å². The number of hydrogen-bond donors (Lipinski definition) is 1. The lowest BCUT2D eigenvalue weighted by Crippen LogP contribution is -2.31. The van der Waals surface area contributed by atoms with E-state index in [2.05, 4.69) is 15.1 Å². The topological polar surface area (TPSA) is 84.2 Å². The Hall–Kier alpha value is -2.83. The third-order valence-electron chi connectivity index (χ3n) is 3.20. The summed E-state index contributed by atoms with van der Waals surface area (Å²) >= 11 is 0. The average Bonchev–Trinajstić information content (AvgIpc) is 3.09. The summed E-state index contributed by atoms with van der Waals surface area (Å²) < 4.78 is 10.2. The maximum Gasteiger partial charge on any atom is 0.260 e. The van der Waals surface area contributed by atoms with E-state index in [9.17, 15) is 4.79 Å². The number of nitrogens with zero attached hydrogens (tertiary/aromatic N) is 3. The summed E-state index contributed by atoms with van der Waals surface area (Å²) in [5, 5.41) is 3.67. The largest absolute Gasteiger partial charge is 0.465 e. The number of benzene rings is 1. The normalized spacial score (nSPS) is 10.8. The van der Waals surface area contributed by atoms with Crippen LogP contribution < -0.4 is 4.74 Å². The molecule has 0 aliphatic rings. The molecule has 0 bridgehead atoms. The highest BCUT2D eigenvalue weighted by molar-refractivity contribution is 5.78.